The first kappa shape index (κ1) is 24.2. The van der Waals surface area contributed by atoms with Crippen molar-refractivity contribution in [3.05, 3.63) is 71.6 Å². The zero-order valence-electron chi connectivity index (χ0n) is 19.8. The second-order valence-corrected chi connectivity index (χ2v) is 8.11. The lowest BCUT2D eigenvalue weighted by atomic mass is 9.98. The largest absolute Gasteiger partial charge is 0.497 e. The zero-order chi connectivity index (χ0) is 24.9. The molecule has 0 unspecified atom stereocenters. The molecule has 0 fully saturated rings. The summed E-state index contributed by atoms with van der Waals surface area (Å²) in [5.41, 5.74) is 3.80. The molecule has 0 saturated heterocycles. The molecule has 4 rings (SSSR count). The monoisotopic (exact) mass is 492 g/mol. The Bertz CT molecular complexity index is 1390. The first-order valence-corrected chi connectivity index (χ1v) is 11.3. The smallest absolute Gasteiger partial charge is 0.249 e. The summed E-state index contributed by atoms with van der Waals surface area (Å²) >= 11 is 5.87. The van der Waals surface area contributed by atoms with Gasteiger partial charge in [0.25, 0.3) is 0 Å². The fraction of sp³-hybridized carbons (Fsp3) is 0.185. The van der Waals surface area contributed by atoms with Crippen LogP contribution in [0.15, 0.2) is 65.4 Å². The number of amides is 1. The molecule has 1 N–H and O–H groups in total. The number of halogens is 1. The number of fused-ring (bicyclic) bond motifs is 1. The normalized spacial score (nSPS) is 11.4. The number of carbonyl (C=O) groups excluding carboxylic acids is 1. The Kier molecular flexibility index (Phi) is 7.27. The number of anilines is 1. The predicted molar refractivity (Wildman–Crippen MR) is 137 cm³/mol. The summed E-state index contributed by atoms with van der Waals surface area (Å²) in [4.78, 5) is 16.8. The average molecular weight is 493 g/mol. The number of hydrogen-bond donors (Lipinski definition) is 1. The van der Waals surface area contributed by atoms with Crippen molar-refractivity contribution >= 4 is 39.9 Å². The second kappa shape index (κ2) is 10.5. The van der Waals surface area contributed by atoms with E-state index in [9.17, 15) is 4.79 Å². The number of hydrogen-bond acceptors (Lipinski definition) is 6. The Balaban J connectivity index is 1.77. The molecule has 2 aromatic heterocycles. The fourth-order valence-electron chi connectivity index (χ4n) is 3.76. The molecule has 0 bridgehead atoms. The van der Waals surface area contributed by atoms with Gasteiger partial charge >= 0.3 is 0 Å². The lowest BCUT2D eigenvalue weighted by Crippen LogP contribution is -2.10. The Hall–Kier alpha value is -3.97. The molecule has 7 nitrogen and oxygen atoms in total. The minimum atomic E-state index is -0.318. The molecule has 0 saturated carbocycles. The first-order chi connectivity index (χ1) is 16.9. The number of nitrogens with zero attached hydrogens (tertiary/aromatic N) is 1. The van der Waals surface area contributed by atoms with Crippen LogP contribution in [0.2, 0.25) is 5.02 Å². The molecule has 8 heteroatoms. The molecule has 0 aliphatic rings. The molecule has 0 spiro atoms. The van der Waals surface area contributed by atoms with Gasteiger partial charge < -0.3 is 23.9 Å². The van der Waals surface area contributed by atoms with Gasteiger partial charge in [-0.25, -0.2) is 4.98 Å². The molecule has 4 aromatic rings. The van der Waals surface area contributed by atoms with E-state index < -0.39 is 0 Å². The van der Waals surface area contributed by atoms with Crippen molar-refractivity contribution in [2.24, 2.45) is 0 Å². The summed E-state index contributed by atoms with van der Waals surface area (Å²) in [6.45, 7) is 4.22. The average Bonchev–Trinajstić information content (AvgIpc) is 3.27. The van der Waals surface area contributed by atoms with Crippen LogP contribution in [0.1, 0.15) is 19.4 Å². The van der Waals surface area contributed by atoms with E-state index in [0.29, 0.717) is 45.9 Å². The highest BCUT2D eigenvalue weighted by molar-refractivity contribution is 6.30. The quantitative estimate of drug-likeness (QED) is 0.279. The van der Waals surface area contributed by atoms with Crippen LogP contribution in [0.3, 0.4) is 0 Å². The molecule has 0 radical (unpaired) electrons. The van der Waals surface area contributed by atoms with Crippen LogP contribution in [0.25, 0.3) is 27.7 Å². The molecular weight excluding hydrogens is 468 g/mol. The summed E-state index contributed by atoms with van der Waals surface area (Å²) in [7, 11) is 3.23. The Morgan fingerprint density at radius 2 is 1.91 bits per heavy atom. The second-order valence-electron chi connectivity index (χ2n) is 7.67. The lowest BCUT2D eigenvalue weighted by Gasteiger charge is -2.13. The van der Waals surface area contributed by atoms with E-state index in [1.165, 1.54) is 12.3 Å². The number of rotatable bonds is 8. The van der Waals surface area contributed by atoms with Crippen LogP contribution in [0.4, 0.5) is 5.82 Å². The van der Waals surface area contributed by atoms with Crippen molar-refractivity contribution in [3.63, 3.8) is 0 Å². The molecule has 2 heterocycles. The van der Waals surface area contributed by atoms with Gasteiger partial charge in [0.15, 0.2) is 0 Å². The van der Waals surface area contributed by atoms with Gasteiger partial charge in [0, 0.05) is 40.4 Å². The van der Waals surface area contributed by atoms with E-state index in [0.717, 1.165) is 22.1 Å². The van der Waals surface area contributed by atoms with Crippen LogP contribution in [-0.2, 0) is 4.79 Å². The van der Waals surface area contributed by atoms with Gasteiger partial charge in [-0.05, 0) is 55.8 Å². The number of aromatic nitrogens is 1. The third kappa shape index (κ3) is 5.25. The number of ether oxygens (including phenoxy) is 3. The van der Waals surface area contributed by atoms with Gasteiger partial charge in [0.05, 0.1) is 32.1 Å². The Morgan fingerprint density at radius 1 is 1.09 bits per heavy atom. The number of allylic oxidation sites excluding steroid dienone is 1. The summed E-state index contributed by atoms with van der Waals surface area (Å²) in [6.07, 6.45) is 4.66. The summed E-state index contributed by atoms with van der Waals surface area (Å²) in [5, 5.41) is 4.09. The highest BCUT2D eigenvalue weighted by Gasteiger charge is 2.18. The van der Waals surface area contributed by atoms with Crippen molar-refractivity contribution < 1.29 is 23.4 Å². The molecule has 180 valence electrons. The SMILES string of the molecule is CCOc1cc2occ(-c3cc(OC)ccc3OC)c2cc1/C(C)=C/C(=O)Nc1ccc(Cl)cn1. The highest BCUT2D eigenvalue weighted by Crippen LogP contribution is 2.41. The molecule has 0 aliphatic heterocycles. The molecule has 0 aliphatic carbocycles. The first-order valence-electron chi connectivity index (χ1n) is 10.9. The van der Waals surface area contributed by atoms with Crippen LogP contribution >= 0.6 is 11.6 Å². The predicted octanol–water partition coefficient (Wildman–Crippen LogP) is 6.61. The minimum absolute atomic E-state index is 0.318. The van der Waals surface area contributed by atoms with Crippen LogP contribution in [0, 0.1) is 0 Å². The minimum Gasteiger partial charge on any atom is -0.497 e. The third-order valence-electron chi connectivity index (χ3n) is 5.42. The van der Waals surface area contributed by atoms with E-state index in [1.54, 1.807) is 32.6 Å². The van der Waals surface area contributed by atoms with Crippen molar-refractivity contribution in [1.82, 2.24) is 4.98 Å². The number of pyridine rings is 1. The van der Waals surface area contributed by atoms with E-state index in [2.05, 4.69) is 10.3 Å². The maximum absolute atomic E-state index is 12.7. The van der Waals surface area contributed by atoms with E-state index in [1.807, 2.05) is 44.2 Å². The van der Waals surface area contributed by atoms with Gasteiger partial charge in [-0.1, -0.05) is 11.6 Å². The lowest BCUT2D eigenvalue weighted by molar-refractivity contribution is -0.111. The molecule has 1 amide bonds. The van der Waals surface area contributed by atoms with Gasteiger partial charge in [0.2, 0.25) is 5.91 Å². The van der Waals surface area contributed by atoms with Crippen LogP contribution < -0.4 is 19.5 Å². The van der Waals surface area contributed by atoms with Crippen LogP contribution in [-0.4, -0.2) is 31.7 Å². The number of nitrogens with one attached hydrogen (secondary N) is 1. The molecule has 35 heavy (non-hydrogen) atoms. The van der Waals surface area contributed by atoms with E-state index in [4.69, 9.17) is 30.2 Å². The highest BCUT2D eigenvalue weighted by atomic mass is 35.5. The van der Waals surface area contributed by atoms with Crippen molar-refractivity contribution in [2.75, 3.05) is 26.1 Å². The topological polar surface area (TPSA) is 82.8 Å². The molecule has 2 aromatic carbocycles. The van der Waals surface area contributed by atoms with Crippen molar-refractivity contribution in [3.8, 4) is 28.4 Å². The number of methoxy groups -OCH3 is 2. The van der Waals surface area contributed by atoms with Crippen molar-refractivity contribution in [2.45, 2.75) is 13.8 Å². The maximum Gasteiger partial charge on any atom is 0.249 e. The van der Waals surface area contributed by atoms with Crippen molar-refractivity contribution in [1.29, 1.82) is 0 Å². The Morgan fingerprint density at radius 3 is 2.60 bits per heavy atom. The number of furan rings is 1. The van der Waals surface area contributed by atoms with Gasteiger partial charge in [0.1, 0.15) is 28.6 Å². The van der Waals surface area contributed by atoms with Gasteiger partial charge in [-0.15, -0.1) is 0 Å². The summed E-state index contributed by atoms with van der Waals surface area (Å²) in [5.74, 6) is 2.09. The number of carbonyl (C=O) groups is 1. The molecule has 0 atom stereocenters. The summed E-state index contributed by atoms with van der Waals surface area (Å²) < 4.78 is 22.7. The fourth-order valence-corrected chi connectivity index (χ4v) is 3.87. The standard InChI is InChI=1S/C27H25ClN2O5/c1-5-34-24-13-25-21(22(15-35-25)20-11-18(32-3)7-8-23(20)33-4)12-19(24)16(2)10-27(31)30-26-9-6-17(28)14-29-26/h6-15H,5H2,1-4H3,(H,29,30,31)/b16-10+. The Labute approximate surface area is 208 Å². The number of benzene rings is 2. The van der Waals surface area contributed by atoms with Crippen LogP contribution in [0.5, 0.6) is 17.2 Å². The van der Waals surface area contributed by atoms with E-state index >= 15 is 0 Å². The molecular formula is C27H25ClN2O5. The summed E-state index contributed by atoms with van der Waals surface area (Å²) in [6, 6.07) is 12.7. The van der Waals surface area contributed by atoms with Gasteiger partial charge in [-0.3, -0.25) is 4.79 Å². The zero-order valence-corrected chi connectivity index (χ0v) is 20.6. The van der Waals surface area contributed by atoms with E-state index in [-0.39, 0.29) is 5.91 Å². The third-order valence-corrected chi connectivity index (χ3v) is 5.65. The van der Waals surface area contributed by atoms with Gasteiger partial charge in [-0.2, -0.15) is 0 Å². The maximum atomic E-state index is 12.7.